The first-order valence-corrected chi connectivity index (χ1v) is 5.19. The highest BCUT2D eigenvalue weighted by atomic mass is 79.9. The van der Waals surface area contributed by atoms with Crippen LogP contribution in [0.15, 0.2) is 16.6 Å². The van der Waals surface area contributed by atoms with Crippen molar-refractivity contribution in [3.63, 3.8) is 0 Å². The highest BCUT2D eigenvalue weighted by Gasteiger charge is 2.23. The van der Waals surface area contributed by atoms with Crippen LogP contribution in [0.2, 0.25) is 0 Å². The molecular formula is C10H7BrF4O2. The van der Waals surface area contributed by atoms with Crippen molar-refractivity contribution in [2.75, 3.05) is 0 Å². The van der Waals surface area contributed by atoms with E-state index in [9.17, 15) is 22.4 Å². The quantitative estimate of drug-likeness (QED) is 0.615. The second-order valence-corrected chi connectivity index (χ2v) is 4.02. The fourth-order valence-corrected chi connectivity index (χ4v) is 1.73. The Morgan fingerprint density at radius 1 is 1.29 bits per heavy atom. The summed E-state index contributed by atoms with van der Waals surface area (Å²) < 4.78 is 53.7. The van der Waals surface area contributed by atoms with Crippen molar-refractivity contribution in [3.05, 3.63) is 27.7 Å². The molecule has 0 N–H and O–H groups in total. The average Bonchev–Trinajstić information content (AvgIpc) is 2.18. The SMILES string of the molecule is CC(=O)c1cc(Br)cc(C(F)F)c1OC(F)F. The molecule has 1 aromatic carbocycles. The number of alkyl halides is 4. The number of ketones is 1. The molecule has 0 spiro atoms. The van der Waals surface area contributed by atoms with Crippen molar-refractivity contribution in [1.29, 1.82) is 0 Å². The molecule has 0 saturated carbocycles. The molecule has 0 radical (unpaired) electrons. The summed E-state index contributed by atoms with van der Waals surface area (Å²) in [5.41, 5.74) is -1.06. The summed E-state index contributed by atoms with van der Waals surface area (Å²) in [5.74, 6) is -1.41. The van der Waals surface area contributed by atoms with Gasteiger partial charge < -0.3 is 4.74 Å². The van der Waals surface area contributed by atoms with Crippen LogP contribution in [0.25, 0.3) is 0 Å². The van der Waals surface area contributed by atoms with Crippen LogP contribution in [0.3, 0.4) is 0 Å². The Kier molecular flexibility index (Phi) is 4.50. The first-order valence-electron chi connectivity index (χ1n) is 4.40. The number of Topliss-reactive ketones (excluding diaryl/α,β-unsaturated/α-hetero) is 1. The van der Waals surface area contributed by atoms with Gasteiger partial charge in [-0.2, -0.15) is 8.78 Å². The molecule has 0 heterocycles. The van der Waals surface area contributed by atoms with Gasteiger partial charge in [-0.3, -0.25) is 4.79 Å². The van der Waals surface area contributed by atoms with E-state index in [1.54, 1.807) is 0 Å². The van der Waals surface area contributed by atoms with Gasteiger partial charge in [0, 0.05) is 4.47 Å². The molecule has 0 aliphatic carbocycles. The van der Waals surface area contributed by atoms with Crippen molar-refractivity contribution in [2.24, 2.45) is 0 Å². The summed E-state index contributed by atoms with van der Waals surface area (Å²) in [6, 6.07) is 2.10. The van der Waals surface area contributed by atoms with Crippen LogP contribution in [0.5, 0.6) is 5.75 Å². The van der Waals surface area contributed by atoms with E-state index < -0.39 is 30.1 Å². The van der Waals surface area contributed by atoms with Gasteiger partial charge in [0.1, 0.15) is 5.75 Å². The smallest absolute Gasteiger partial charge is 0.387 e. The molecule has 0 unspecified atom stereocenters. The Hall–Kier alpha value is -1.11. The molecular weight excluding hydrogens is 308 g/mol. The molecule has 17 heavy (non-hydrogen) atoms. The summed E-state index contributed by atoms with van der Waals surface area (Å²) in [6.07, 6.45) is -3.01. The number of hydrogen-bond acceptors (Lipinski definition) is 2. The Morgan fingerprint density at radius 3 is 2.29 bits per heavy atom. The van der Waals surface area contributed by atoms with Gasteiger partial charge in [-0.15, -0.1) is 0 Å². The van der Waals surface area contributed by atoms with E-state index in [-0.39, 0.29) is 10.0 Å². The lowest BCUT2D eigenvalue weighted by molar-refractivity contribution is -0.0522. The van der Waals surface area contributed by atoms with Gasteiger partial charge in [-0.1, -0.05) is 15.9 Å². The maximum Gasteiger partial charge on any atom is 0.387 e. The van der Waals surface area contributed by atoms with Gasteiger partial charge >= 0.3 is 6.61 Å². The van der Waals surface area contributed by atoms with Gasteiger partial charge in [0.05, 0.1) is 11.1 Å². The van der Waals surface area contributed by atoms with Crippen molar-refractivity contribution >= 4 is 21.7 Å². The van der Waals surface area contributed by atoms with Crippen LogP contribution in [-0.2, 0) is 0 Å². The number of hydrogen-bond donors (Lipinski definition) is 0. The maximum atomic E-state index is 12.6. The Morgan fingerprint density at radius 2 is 1.88 bits per heavy atom. The largest absolute Gasteiger partial charge is 0.434 e. The van der Waals surface area contributed by atoms with Crippen LogP contribution in [0.4, 0.5) is 17.6 Å². The van der Waals surface area contributed by atoms with E-state index in [1.165, 1.54) is 0 Å². The fourth-order valence-electron chi connectivity index (χ4n) is 1.26. The number of halogens is 5. The summed E-state index contributed by atoms with van der Waals surface area (Å²) in [4.78, 5) is 11.2. The lowest BCUT2D eigenvalue weighted by Crippen LogP contribution is -2.09. The van der Waals surface area contributed by atoms with Crippen molar-refractivity contribution in [2.45, 2.75) is 20.0 Å². The predicted octanol–water partition coefficient (Wildman–Crippen LogP) is 4.19. The molecule has 1 aromatic rings. The van der Waals surface area contributed by atoms with E-state index in [1.807, 2.05) is 0 Å². The van der Waals surface area contributed by atoms with E-state index in [0.29, 0.717) is 0 Å². The topological polar surface area (TPSA) is 26.3 Å². The zero-order valence-corrected chi connectivity index (χ0v) is 10.1. The van der Waals surface area contributed by atoms with Crippen LogP contribution in [-0.4, -0.2) is 12.4 Å². The van der Waals surface area contributed by atoms with Gasteiger partial charge in [-0.05, 0) is 19.1 Å². The Labute approximate surface area is 103 Å². The van der Waals surface area contributed by atoms with Crippen LogP contribution < -0.4 is 4.74 Å². The first-order chi connectivity index (χ1) is 7.82. The van der Waals surface area contributed by atoms with Crippen LogP contribution in [0.1, 0.15) is 29.3 Å². The molecule has 0 aromatic heterocycles. The van der Waals surface area contributed by atoms with E-state index in [2.05, 4.69) is 20.7 Å². The molecule has 0 saturated heterocycles. The van der Waals surface area contributed by atoms with Gasteiger partial charge in [0.15, 0.2) is 5.78 Å². The van der Waals surface area contributed by atoms with Crippen molar-refractivity contribution < 1.29 is 27.1 Å². The third kappa shape index (κ3) is 3.42. The first kappa shape index (κ1) is 14.0. The van der Waals surface area contributed by atoms with Crippen molar-refractivity contribution in [1.82, 2.24) is 0 Å². The zero-order chi connectivity index (χ0) is 13.2. The second kappa shape index (κ2) is 5.48. The Balaban J connectivity index is 3.41. The standard InChI is InChI=1S/C10H7BrF4O2/c1-4(16)6-2-5(11)3-7(9(12)13)8(6)17-10(14)15/h2-3,9-10H,1H3. The van der Waals surface area contributed by atoms with Gasteiger partial charge in [0.2, 0.25) is 0 Å². The zero-order valence-electron chi connectivity index (χ0n) is 8.52. The number of carbonyl (C=O) groups is 1. The van der Waals surface area contributed by atoms with E-state index in [0.717, 1.165) is 19.1 Å². The predicted molar refractivity (Wildman–Crippen MR) is 55.7 cm³/mol. The molecule has 7 heteroatoms. The van der Waals surface area contributed by atoms with E-state index >= 15 is 0 Å². The summed E-state index contributed by atoms with van der Waals surface area (Å²) in [7, 11) is 0. The highest BCUT2D eigenvalue weighted by molar-refractivity contribution is 9.10. The van der Waals surface area contributed by atoms with Gasteiger partial charge in [0.25, 0.3) is 6.43 Å². The molecule has 2 nitrogen and oxygen atoms in total. The summed E-state index contributed by atoms with van der Waals surface area (Å²) >= 11 is 2.92. The third-order valence-electron chi connectivity index (χ3n) is 1.90. The molecule has 1 rings (SSSR count). The van der Waals surface area contributed by atoms with E-state index in [4.69, 9.17) is 0 Å². The number of carbonyl (C=O) groups excluding carboxylic acids is 1. The monoisotopic (exact) mass is 314 g/mol. The molecule has 94 valence electrons. The minimum absolute atomic E-state index is 0.194. The lowest BCUT2D eigenvalue weighted by atomic mass is 10.1. The van der Waals surface area contributed by atoms with Crippen LogP contribution in [0, 0.1) is 0 Å². The van der Waals surface area contributed by atoms with Gasteiger partial charge in [-0.25, -0.2) is 8.78 Å². The molecule has 0 bridgehead atoms. The number of benzene rings is 1. The lowest BCUT2D eigenvalue weighted by Gasteiger charge is -2.14. The molecule has 0 aliphatic rings. The normalized spacial score (nSPS) is 11.1. The Bertz CT molecular complexity index is 435. The molecule has 0 atom stereocenters. The number of ether oxygens (including phenoxy) is 1. The molecule has 0 aliphatic heterocycles. The minimum Gasteiger partial charge on any atom is -0.434 e. The second-order valence-electron chi connectivity index (χ2n) is 3.11. The number of rotatable bonds is 4. The van der Waals surface area contributed by atoms with Crippen molar-refractivity contribution in [3.8, 4) is 5.75 Å². The highest BCUT2D eigenvalue weighted by Crippen LogP contribution is 2.36. The third-order valence-corrected chi connectivity index (χ3v) is 2.36. The maximum absolute atomic E-state index is 12.6. The minimum atomic E-state index is -3.27. The summed E-state index contributed by atoms with van der Waals surface area (Å²) in [6.45, 7) is -2.19. The average molecular weight is 315 g/mol. The molecule has 0 fully saturated rings. The summed E-state index contributed by atoms with van der Waals surface area (Å²) in [5, 5.41) is 0. The van der Waals surface area contributed by atoms with Crippen LogP contribution >= 0.6 is 15.9 Å². The fraction of sp³-hybridized carbons (Fsp3) is 0.300. The molecule has 0 amide bonds.